The van der Waals surface area contributed by atoms with E-state index in [2.05, 4.69) is 0 Å². The summed E-state index contributed by atoms with van der Waals surface area (Å²) in [4.78, 5) is 38.9. The molecule has 0 saturated heterocycles. The van der Waals surface area contributed by atoms with Crippen molar-refractivity contribution in [1.82, 2.24) is 4.31 Å². The van der Waals surface area contributed by atoms with Crippen LogP contribution in [0.2, 0.25) is 0 Å². The largest absolute Gasteiger partial charge is 0.494 e. The molecule has 2 aromatic carbocycles. The molecular formula is C31H39NO9S. The standard InChI is InChI=1S/C31H39NO9S/c1-23-10-16-26(17-11-23)42(36,37)32-20-8-5-6-18-31(29(34)39-3,30(35)40-4)19-7-9-21-41-25-14-12-24(13-15-25)22-27(32)28(33)38-2/h5-6,10-17,27H,7-9,18-22H2,1-4H3/b6-5-/t27-/m0/s1. The molecule has 0 radical (unpaired) electrons. The van der Waals surface area contributed by atoms with Gasteiger partial charge in [-0.2, -0.15) is 4.31 Å². The normalized spacial score (nSPS) is 19.4. The number of hydrogen-bond acceptors (Lipinski definition) is 9. The first-order valence-electron chi connectivity index (χ1n) is 13.8. The molecule has 11 heteroatoms. The van der Waals surface area contributed by atoms with Gasteiger partial charge >= 0.3 is 17.9 Å². The van der Waals surface area contributed by atoms with Gasteiger partial charge in [0.2, 0.25) is 10.0 Å². The second-order valence-corrected chi connectivity index (χ2v) is 12.0. The second kappa shape index (κ2) is 15.0. The lowest BCUT2D eigenvalue weighted by molar-refractivity contribution is -0.169. The van der Waals surface area contributed by atoms with E-state index in [4.69, 9.17) is 18.9 Å². The summed E-state index contributed by atoms with van der Waals surface area (Å²) in [5.41, 5.74) is 0.0672. The van der Waals surface area contributed by atoms with Gasteiger partial charge in [-0.3, -0.25) is 14.4 Å². The third-order valence-corrected chi connectivity index (χ3v) is 9.29. The highest BCUT2D eigenvalue weighted by atomic mass is 32.2. The molecule has 0 fully saturated rings. The van der Waals surface area contributed by atoms with Crippen molar-refractivity contribution >= 4 is 27.9 Å². The Morgan fingerprint density at radius 2 is 1.52 bits per heavy atom. The van der Waals surface area contributed by atoms with E-state index in [1.165, 1.54) is 33.5 Å². The van der Waals surface area contributed by atoms with Crippen LogP contribution in [-0.4, -0.2) is 71.2 Å². The van der Waals surface area contributed by atoms with Gasteiger partial charge in [-0.05, 0) is 75.3 Å². The third kappa shape index (κ3) is 7.77. The minimum absolute atomic E-state index is 0.000870. The van der Waals surface area contributed by atoms with Crippen LogP contribution in [0.1, 0.15) is 43.2 Å². The number of aryl methyl sites for hydroxylation is 1. The molecule has 0 spiro atoms. The summed E-state index contributed by atoms with van der Waals surface area (Å²) in [6.45, 7) is 2.14. The van der Waals surface area contributed by atoms with Crippen LogP contribution >= 0.6 is 0 Å². The molecule has 0 aliphatic carbocycles. The summed E-state index contributed by atoms with van der Waals surface area (Å²) in [7, 11) is -0.470. The zero-order chi connectivity index (χ0) is 30.8. The highest BCUT2D eigenvalue weighted by Gasteiger charge is 2.47. The molecule has 2 aliphatic heterocycles. The first kappa shape index (κ1) is 32.8. The van der Waals surface area contributed by atoms with E-state index in [0.717, 1.165) is 15.4 Å². The number of carbonyl (C=O) groups is 3. The maximum absolute atomic E-state index is 13.9. The monoisotopic (exact) mass is 601 g/mol. The highest BCUT2D eigenvalue weighted by Crippen LogP contribution is 2.33. The van der Waals surface area contributed by atoms with E-state index in [1.54, 1.807) is 48.6 Å². The predicted molar refractivity (Wildman–Crippen MR) is 155 cm³/mol. The fourth-order valence-electron chi connectivity index (χ4n) is 4.94. The third-order valence-electron chi connectivity index (χ3n) is 7.37. The number of allylic oxidation sites excluding steroid dienone is 1. The maximum atomic E-state index is 13.9. The van der Waals surface area contributed by atoms with E-state index in [1.807, 2.05) is 6.92 Å². The molecule has 0 N–H and O–H groups in total. The number of benzene rings is 2. The molecule has 2 aliphatic rings. The minimum atomic E-state index is -4.13. The molecule has 2 bridgehead atoms. The van der Waals surface area contributed by atoms with Crippen molar-refractivity contribution in [2.24, 2.45) is 5.41 Å². The van der Waals surface area contributed by atoms with Crippen LogP contribution in [0.3, 0.4) is 0 Å². The summed E-state index contributed by atoms with van der Waals surface area (Å²) in [6.07, 6.45) is 4.87. The molecule has 2 aromatic rings. The van der Waals surface area contributed by atoms with Crippen molar-refractivity contribution in [3.63, 3.8) is 0 Å². The SMILES string of the molecule is COC(=O)[C@@H]1Cc2ccc(cc2)OCCCCC(C(=O)OC)(C(=O)OC)C/C=C\CCN1S(=O)(=O)c1ccc(C)cc1. The van der Waals surface area contributed by atoms with Crippen molar-refractivity contribution in [3.05, 3.63) is 71.8 Å². The number of ether oxygens (including phenoxy) is 4. The van der Waals surface area contributed by atoms with Gasteiger partial charge in [0, 0.05) is 6.54 Å². The molecule has 0 amide bonds. The molecule has 0 aromatic heterocycles. The van der Waals surface area contributed by atoms with Gasteiger partial charge in [0.05, 0.1) is 32.8 Å². The molecule has 1 atom stereocenters. The fraction of sp³-hybridized carbons (Fsp3) is 0.452. The fourth-order valence-corrected chi connectivity index (χ4v) is 6.54. The quantitative estimate of drug-likeness (QED) is 0.216. The molecule has 42 heavy (non-hydrogen) atoms. The Labute approximate surface area is 247 Å². The van der Waals surface area contributed by atoms with Crippen molar-refractivity contribution in [1.29, 1.82) is 0 Å². The smallest absolute Gasteiger partial charge is 0.324 e. The van der Waals surface area contributed by atoms with Gasteiger partial charge in [0.25, 0.3) is 0 Å². The van der Waals surface area contributed by atoms with Crippen LogP contribution in [0.15, 0.2) is 65.6 Å². The van der Waals surface area contributed by atoms with Crippen LogP contribution in [-0.2, 0) is 45.0 Å². The number of esters is 3. The van der Waals surface area contributed by atoms with Crippen LogP contribution in [0, 0.1) is 12.3 Å². The Hall–Kier alpha value is -3.70. The first-order chi connectivity index (χ1) is 20.1. The molecule has 0 saturated carbocycles. The maximum Gasteiger partial charge on any atom is 0.324 e. The van der Waals surface area contributed by atoms with Gasteiger partial charge in [-0.15, -0.1) is 0 Å². The van der Waals surface area contributed by atoms with E-state index >= 15 is 0 Å². The number of hydrogen-bond donors (Lipinski definition) is 0. The lowest BCUT2D eigenvalue weighted by Crippen LogP contribution is -2.47. The van der Waals surface area contributed by atoms with Gasteiger partial charge in [-0.25, -0.2) is 8.42 Å². The van der Waals surface area contributed by atoms with E-state index in [-0.39, 0.29) is 37.1 Å². The van der Waals surface area contributed by atoms with E-state index in [0.29, 0.717) is 25.2 Å². The van der Waals surface area contributed by atoms with Gasteiger partial charge in [0.1, 0.15) is 11.8 Å². The van der Waals surface area contributed by atoms with Crippen LogP contribution < -0.4 is 4.74 Å². The first-order valence-corrected chi connectivity index (χ1v) is 15.2. The van der Waals surface area contributed by atoms with Crippen molar-refractivity contribution < 1.29 is 41.7 Å². The van der Waals surface area contributed by atoms with Crippen LogP contribution in [0.5, 0.6) is 5.75 Å². The number of nitrogens with zero attached hydrogens (tertiary/aromatic N) is 1. The van der Waals surface area contributed by atoms with E-state index in [9.17, 15) is 22.8 Å². The van der Waals surface area contributed by atoms with Crippen LogP contribution in [0.25, 0.3) is 0 Å². The Morgan fingerprint density at radius 1 is 0.881 bits per heavy atom. The highest BCUT2D eigenvalue weighted by molar-refractivity contribution is 7.89. The van der Waals surface area contributed by atoms with Gasteiger partial charge in [0.15, 0.2) is 5.41 Å². The molecule has 10 nitrogen and oxygen atoms in total. The Kier molecular flexibility index (Phi) is 11.7. The predicted octanol–water partition coefficient (Wildman–Crippen LogP) is 4.00. The Morgan fingerprint density at radius 3 is 2.12 bits per heavy atom. The van der Waals surface area contributed by atoms with Crippen molar-refractivity contribution in [2.45, 2.75) is 56.4 Å². The summed E-state index contributed by atoms with van der Waals surface area (Å²) in [5.74, 6) is -1.52. The van der Waals surface area contributed by atoms with E-state index < -0.39 is 39.4 Å². The summed E-state index contributed by atoms with van der Waals surface area (Å²) in [5, 5.41) is 0. The van der Waals surface area contributed by atoms with Crippen LogP contribution in [0.4, 0.5) is 0 Å². The number of methoxy groups -OCH3 is 3. The average Bonchev–Trinajstić information content (AvgIpc) is 3.00. The zero-order valence-corrected chi connectivity index (χ0v) is 25.4. The molecule has 228 valence electrons. The summed E-state index contributed by atoms with van der Waals surface area (Å²) < 4.78 is 49.9. The second-order valence-electron chi connectivity index (χ2n) is 10.2. The topological polar surface area (TPSA) is 126 Å². The lowest BCUT2D eigenvalue weighted by Gasteiger charge is -2.29. The minimum Gasteiger partial charge on any atom is -0.494 e. The number of fused-ring (bicyclic) bond motifs is 14. The number of sulfonamides is 1. The van der Waals surface area contributed by atoms with Crippen molar-refractivity contribution in [3.8, 4) is 5.75 Å². The lowest BCUT2D eigenvalue weighted by atomic mass is 9.79. The molecular weight excluding hydrogens is 562 g/mol. The zero-order valence-electron chi connectivity index (χ0n) is 24.5. The summed E-state index contributed by atoms with van der Waals surface area (Å²) >= 11 is 0. The number of rotatable bonds is 5. The molecule has 0 unspecified atom stereocenters. The molecule has 2 heterocycles. The Balaban J connectivity index is 2.05. The summed E-state index contributed by atoms with van der Waals surface area (Å²) in [6, 6.07) is 12.3. The Bertz CT molecular complexity index is 1340. The van der Waals surface area contributed by atoms with Gasteiger partial charge < -0.3 is 18.9 Å². The number of carbonyl (C=O) groups excluding carboxylic acids is 3. The molecule has 4 rings (SSSR count). The van der Waals surface area contributed by atoms with Gasteiger partial charge in [-0.1, -0.05) is 42.0 Å². The van der Waals surface area contributed by atoms with Crippen molar-refractivity contribution in [2.75, 3.05) is 34.5 Å². The average molecular weight is 602 g/mol.